The predicted octanol–water partition coefficient (Wildman–Crippen LogP) is 3.40. The van der Waals surface area contributed by atoms with E-state index < -0.39 is 4.92 Å². The van der Waals surface area contributed by atoms with Crippen molar-refractivity contribution in [3.63, 3.8) is 0 Å². The summed E-state index contributed by atoms with van der Waals surface area (Å²) in [5.74, 6) is 0.147. The van der Waals surface area contributed by atoms with Gasteiger partial charge in [0, 0.05) is 24.4 Å². The largest absolute Gasteiger partial charge is 0.496 e. The minimum absolute atomic E-state index is 0.0530. The van der Waals surface area contributed by atoms with Crippen molar-refractivity contribution < 1.29 is 14.1 Å². The fraction of sp³-hybridized carbons (Fsp3) is 0.200. The van der Waals surface area contributed by atoms with Crippen LogP contribution in [-0.2, 0) is 6.42 Å². The van der Waals surface area contributed by atoms with Crippen molar-refractivity contribution in [2.75, 3.05) is 19.0 Å². The first-order chi connectivity index (χ1) is 10.1. The highest BCUT2D eigenvalue weighted by molar-refractivity contribution is 5.56. The van der Waals surface area contributed by atoms with Gasteiger partial charge in [-0.05, 0) is 18.1 Å². The third-order valence-corrected chi connectivity index (χ3v) is 3.02. The van der Waals surface area contributed by atoms with Crippen LogP contribution in [-0.4, -0.2) is 18.6 Å². The molecule has 2 rings (SSSR count). The lowest BCUT2D eigenvalue weighted by atomic mass is 10.1. The summed E-state index contributed by atoms with van der Waals surface area (Å²) in [6, 6.07) is 11.0. The van der Waals surface area contributed by atoms with Gasteiger partial charge in [-0.3, -0.25) is 10.1 Å². The topological polar surface area (TPSA) is 64.4 Å². The number of nitro benzene ring substituents is 1. The van der Waals surface area contributed by atoms with Crippen LogP contribution in [0.5, 0.6) is 5.75 Å². The maximum absolute atomic E-state index is 13.5. The van der Waals surface area contributed by atoms with Gasteiger partial charge < -0.3 is 10.1 Å². The van der Waals surface area contributed by atoms with Gasteiger partial charge in [-0.25, -0.2) is 4.39 Å². The third-order valence-electron chi connectivity index (χ3n) is 3.02. The van der Waals surface area contributed by atoms with Crippen molar-refractivity contribution in [3.05, 3.63) is 64.0 Å². The maximum Gasteiger partial charge on any atom is 0.275 e. The Kier molecular flexibility index (Phi) is 4.71. The number of rotatable bonds is 6. The van der Waals surface area contributed by atoms with Crippen LogP contribution in [0.3, 0.4) is 0 Å². The minimum Gasteiger partial charge on any atom is -0.496 e. The zero-order valence-corrected chi connectivity index (χ0v) is 11.5. The summed E-state index contributed by atoms with van der Waals surface area (Å²) in [5.41, 5.74) is 1.11. The Morgan fingerprint density at radius 1 is 1.29 bits per heavy atom. The van der Waals surface area contributed by atoms with E-state index in [9.17, 15) is 14.5 Å². The number of benzene rings is 2. The van der Waals surface area contributed by atoms with E-state index in [-0.39, 0.29) is 11.5 Å². The van der Waals surface area contributed by atoms with Gasteiger partial charge in [0.25, 0.3) is 5.69 Å². The molecule has 0 spiro atoms. The van der Waals surface area contributed by atoms with Crippen LogP contribution in [0, 0.1) is 15.9 Å². The van der Waals surface area contributed by atoms with Crippen LogP contribution in [0.2, 0.25) is 0 Å². The van der Waals surface area contributed by atoms with E-state index in [1.54, 1.807) is 24.3 Å². The predicted molar refractivity (Wildman–Crippen MR) is 78.2 cm³/mol. The average molecular weight is 290 g/mol. The molecule has 2 aromatic carbocycles. The zero-order valence-electron chi connectivity index (χ0n) is 11.5. The number of nitrogens with one attached hydrogen (secondary N) is 1. The van der Waals surface area contributed by atoms with Crippen molar-refractivity contribution in [3.8, 4) is 5.75 Å². The summed E-state index contributed by atoms with van der Waals surface area (Å²) in [4.78, 5) is 10.4. The zero-order chi connectivity index (χ0) is 15.2. The van der Waals surface area contributed by atoms with Gasteiger partial charge in [-0.2, -0.15) is 0 Å². The van der Waals surface area contributed by atoms with Gasteiger partial charge in [-0.15, -0.1) is 0 Å². The number of non-ortho nitro benzene ring substituents is 1. The van der Waals surface area contributed by atoms with E-state index in [0.717, 1.165) is 0 Å². The maximum atomic E-state index is 13.5. The fourth-order valence-electron chi connectivity index (χ4n) is 1.95. The monoisotopic (exact) mass is 290 g/mol. The van der Waals surface area contributed by atoms with E-state index in [2.05, 4.69) is 5.32 Å². The minimum atomic E-state index is -0.482. The number of hydrogen-bond acceptors (Lipinski definition) is 4. The second-order valence-corrected chi connectivity index (χ2v) is 4.45. The first-order valence-electron chi connectivity index (χ1n) is 6.41. The summed E-state index contributed by atoms with van der Waals surface area (Å²) in [7, 11) is 1.45. The second-order valence-electron chi connectivity index (χ2n) is 4.45. The molecule has 0 bridgehead atoms. The van der Waals surface area contributed by atoms with Crippen molar-refractivity contribution in [2.45, 2.75) is 6.42 Å². The highest BCUT2D eigenvalue weighted by Gasteiger charge is 2.10. The van der Waals surface area contributed by atoms with Crippen molar-refractivity contribution >= 4 is 11.4 Å². The van der Waals surface area contributed by atoms with Gasteiger partial charge >= 0.3 is 0 Å². The third kappa shape index (κ3) is 3.92. The smallest absolute Gasteiger partial charge is 0.275 e. The van der Waals surface area contributed by atoms with Gasteiger partial charge in [0.1, 0.15) is 11.6 Å². The summed E-state index contributed by atoms with van der Waals surface area (Å²) >= 11 is 0. The number of anilines is 1. The van der Waals surface area contributed by atoms with E-state index in [0.29, 0.717) is 30.0 Å². The number of nitrogens with zero attached hydrogens (tertiary/aromatic N) is 1. The molecule has 0 saturated carbocycles. The molecule has 6 heteroatoms. The fourth-order valence-corrected chi connectivity index (χ4v) is 1.95. The van der Waals surface area contributed by atoms with Gasteiger partial charge in [-0.1, -0.05) is 18.2 Å². The Bertz CT molecular complexity index is 647. The van der Waals surface area contributed by atoms with Crippen molar-refractivity contribution in [2.24, 2.45) is 0 Å². The quantitative estimate of drug-likeness (QED) is 0.654. The van der Waals surface area contributed by atoms with Crippen LogP contribution in [0.1, 0.15) is 5.56 Å². The van der Waals surface area contributed by atoms with Gasteiger partial charge in [0.15, 0.2) is 0 Å². The van der Waals surface area contributed by atoms with E-state index in [1.807, 2.05) is 0 Å². The molecule has 0 atom stereocenters. The molecular formula is C15H15FN2O3. The number of hydrogen-bond donors (Lipinski definition) is 1. The second kappa shape index (κ2) is 6.69. The van der Waals surface area contributed by atoms with Crippen molar-refractivity contribution in [1.82, 2.24) is 0 Å². The first kappa shape index (κ1) is 14.8. The molecule has 0 amide bonds. The molecule has 0 aliphatic rings. The Labute approximate surface area is 121 Å². The molecule has 0 aliphatic heterocycles. The van der Waals surface area contributed by atoms with E-state index >= 15 is 0 Å². The molecule has 5 nitrogen and oxygen atoms in total. The average Bonchev–Trinajstić information content (AvgIpc) is 2.49. The lowest BCUT2D eigenvalue weighted by molar-refractivity contribution is -0.384. The summed E-state index contributed by atoms with van der Waals surface area (Å²) in [6.07, 6.45) is 0.484. The van der Waals surface area contributed by atoms with Crippen LogP contribution < -0.4 is 10.1 Å². The molecule has 0 fully saturated rings. The standard InChI is InChI=1S/C15H15FN2O3/c1-21-14-9-12(8-13(10-14)18(19)20)17-7-6-11-4-2-3-5-15(11)16/h2-5,8-10,17H,6-7H2,1H3. The Hall–Kier alpha value is -2.63. The Balaban J connectivity index is 2.04. The van der Waals surface area contributed by atoms with Gasteiger partial charge in [0.2, 0.25) is 0 Å². The molecule has 0 aliphatic carbocycles. The van der Waals surface area contributed by atoms with Crippen molar-refractivity contribution in [1.29, 1.82) is 0 Å². The van der Waals surface area contributed by atoms with Gasteiger partial charge in [0.05, 0.1) is 18.1 Å². The highest BCUT2D eigenvalue weighted by atomic mass is 19.1. The first-order valence-corrected chi connectivity index (χ1v) is 6.41. The molecular weight excluding hydrogens is 275 g/mol. The number of halogens is 1. The molecule has 0 aromatic heterocycles. The van der Waals surface area contributed by atoms with E-state index in [1.165, 1.54) is 25.3 Å². The highest BCUT2D eigenvalue weighted by Crippen LogP contribution is 2.25. The molecule has 110 valence electrons. The molecule has 2 aromatic rings. The molecule has 0 radical (unpaired) electrons. The Morgan fingerprint density at radius 2 is 2.05 bits per heavy atom. The Morgan fingerprint density at radius 3 is 2.71 bits per heavy atom. The molecule has 21 heavy (non-hydrogen) atoms. The molecule has 1 N–H and O–H groups in total. The van der Waals surface area contributed by atoms with Crippen LogP contribution >= 0.6 is 0 Å². The molecule has 0 unspecified atom stereocenters. The molecule has 0 heterocycles. The van der Waals surface area contributed by atoms with Crippen LogP contribution in [0.15, 0.2) is 42.5 Å². The normalized spacial score (nSPS) is 10.2. The SMILES string of the molecule is COc1cc(NCCc2ccccc2F)cc([N+](=O)[O-])c1. The lowest BCUT2D eigenvalue weighted by Gasteiger charge is -2.09. The summed E-state index contributed by atoms with van der Waals surface area (Å²) in [5, 5.41) is 13.9. The summed E-state index contributed by atoms with van der Waals surface area (Å²) in [6.45, 7) is 0.464. The van der Waals surface area contributed by atoms with E-state index in [4.69, 9.17) is 4.74 Å². The molecule has 0 saturated heterocycles. The van der Waals surface area contributed by atoms with Crippen LogP contribution in [0.25, 0.3) is 0 Å². The summed E-state index contributed by atoms with van der Waals surface area (Å²) < 4.78 is 18.5. The lowest BCUT2D eigenvalue weighted by Crippen LogP contribution is -2.06. The number of ether oxygens (including phenoxy) is 1. The number of nitro groups is 1. The van der Waals surface area contributed by atoms with Crippen LogP contribution in [0.4, 0.5) is 15.8 Å². The number of methoxy groups -OCH3 is 1.